The summed E-state index contributed by atoms with van der Waals surface area (Å²) in [5.74, 6) is -0.346. The molecule has 0 bridgehead atoms. The van der Waals surface area contributed by atoms with E-state index in [-0.39, 0.29) is 25.8 Å². The molecule has 36 heavy (non-hydrogen) atoms. The molecule has 8 nitrogen and oxygen atoms in total. The van der Waals surface area contributed by atoms with Crippen LogP contribution in [0.15, 0.2) is 12.2 Å². The van der Waals surface area contributed by atoms with Gasteiger partial charge in [0.2, 0.25) is 0 Å². The van der Waals surface area contributed by atoms with E-state index in [1.807, 2.05) is 21.1 Å². The predicted molar refractivity (Wildman–Crippen MR) is 146 cm³/mol. The maximum atomic E-state index is 12.4. The van der Waals surface area contributed by atoms with Crippen molar-refractivity contribution < 1.29 is 37.3 Å². The third kappa shape index (κ3) is 23.6. The molecule has 1 N–H and O–H groups in total. The van der Waals surface area contributed by atoms with Gasteiger partial charge in [-0.3, -0.25) is 18.4 Å². The Morgan fingerprint density at radius 1 is 0.861 bits per heavy atom. The van der Waals surface area contributed by atoms with Gasteiger partial charge in [0.15, 0.2) is 0 Å². The van der Waals surface area contributed by atoms with Gasteiger partial charge < -0.3 is 14.3 Å². The van der Waals surface area contributed by atoms with E-state index in [0.29, 0.717) is 17.4 Å². The SMILES string of the molecule is CCCCCCCC/C=C\CCCCCCCC(=O)OC[C@@H](O)COP(=O)(OC)OCC[N+](C)(C)C. The van der Waals surface area contributed by atoms with E-state index in [1.54, 1.807) is 0 Å². The third-order valence-electron chi connectivity index (χ3n) is 5.74. The van der Waals surface area contributed by atoms with E-state index in [0.717, 1.165) is 25.7 Å². The van der Waals surface area contributed by atoms with Crippen LogP contribution in [-0.4, -0.2) is 76.3 Å². The molecule has 1 unspecified atom stereocenters. The number of phosphoric ester groups is 1. The fourth-order valence-corrected chi connectivity index (χ4v) is 4.34. The van der Waals surface area contributed by atoms with Crippen molar-refractivity contribution in [3.8, 4) is 0 Å². The van der Waals surface area contributed by atoms with E-state index >= 15 is 0 Å². The molecule has 0 rings (SSSR count). The minimum atomic E-state index is -3.75. The minimum Gasteiger partial charge on any atom is -0.463 e. The molecular formula is C27H55NO7P+. The molecule has 214 valence electrons. The van der Waals surface area contributed by atoms with Crippen molar-refractivity contribution in [3.63, 3.8) is 0 Å². The molecule has 0 aromatic rings. The number of rotatable bonds is 25. The molecule has 0 aliphatic heterocycles. The molecule has 0 saturated carbocycles. The van der Waals surface area contributed by atoms with Gasteiger partial charge in [0.25, 0.3) is 0 Å². The van der Waals surface area contributed by atoms with E-state index in [2.05, 4.69) is 19.1 Å². The van der Waals surface area contributed by atoms with Gasteiger partial charge in [0.05, 0.1) is 27.7 Å². The number of allylic oxidation sites excluding steroid dienone is 2. The number of unbranched alkanes of at least 4 members (excludes halogenated alkanes) is 11. The number of ether oxygens (including phenoxy) is 1. The van der Waals surface area contributed by atoms with Crippen molar-refractivity contribution in [3.05, 3.63) is 12.2 Å². The van der Waals surface area contributed by atoms with Crippen molar-refractivity contribution in [2.75, 3.05) is 54.6 Å². The van der Waals surface area contributed by atoms with Crippen molar-refractivity contribution in [1.29, 1.82) is 0 Å². The summed E-state index contributed by atoms with van der Waals surface area (Å²) < 4.78 is 33.3. The standard InChI is InChI=1S/C27H55NO7P/c1-6-7-8-9-10-11-12-13-14-15-16-17-18-19-20-21-27(30)33-24-26(29)25-35-36(31,32-5)34-23-22-28(2,3)4/h13-14,26,29H,6-12,15-25H2,1-5H3/q+1/b14-13-/t26-,36?/m1/s1. The van der Waals surface area contributed by atoms with Crippen LogP contribution >= 0.6 is 7.82 Å². The van der Waals surface area contributed by atoms with E-state index in [1.165, 1.54) is 64.9 Å². The van der Waals surface area contributed by atoms with E-state index < -0.39 is 13.9 Å². The smallest absolute Gasteiger partial charge is 0.463 e. The Balaban J connectivity index is 3.69. The van der Waals surface area contributed by atoms with Gasteiger partial charge in [-0.15, -0.1) is 0 Å². The van der Waals surface area contributed by atoms with Crippen LogP contribution in [0.5, 0.6) is 0 Å². The van der Waals surface area contributed by atoms with Crippen molar-refractivity contribution in [2.24, 2.45) is 0 Å². The summed E-state index contributed by atoms with van der Waals surface area (Å²) in [5, 5.41) is 9.97. The maximum absolute atomic E-state index is 12.4. The summed E-state index contributed by atoms with van der Waals surface area (Å²) in [6.07, 6.45) is 19.5. The molecule has 0 amide bonds. The van der Waals surface area contributed by atoms with Crippen LogP contribution in [0, 0.1) is 0 Å². The Hall–Kier alpha value is -0.760. The monoisotopic (exact) mass is 536 g/mol. The lowest BCUT2D eigenvalue weighted by atomic mass is 10.1. The number of aliphatic hydroxyl groups is 1. The van der Waals surface area contributed by atoms with Crippen molar-refractivity contribution in [2.45, 2.75) is 103 Å². The second-order valence-corrected chi connectivity index (χ2v) is 12.2. The number of nitrogens with zero attached hydrogens (tertiary/aromatic N) is 1. The third-order valence-corrected chi connectivity index (χ3v) is 7.15. The molecule has 0 radical (unpaired) electrons. The fourth-order valence-electron chi connectivity index (χ4n) is 3.40. The number of likely N-dealkylation sites (N-methyl/N-ethyl adjacent to an activating group) is 1. The minimum absolute atomic E-state index is 0.190. The van der Waals surface area contributed by atoms with Crippen molar-refractivity contribution in [1.82, 2.24) is 0 Å². The van der Waals surface area contributed by atoms with E-state index in [4.69, 9.17) is 18.3 Å². The van der Waals surface area contributed by atoms with Crippen LogP contribution in [0.2, 0.25) is 0 Å². The van der Waals surface area contributed by atoms with Gasteiger partial charge in [-0.2, -0.15) is 0 Å². The Morgan fingerprint density at radius 3 is 1.97 bits per heavy atom. The molecule has 2 atom stereocenters. The Bertz CT molecular complexity index is 607. The first-order chi connectivity index (χ1) is 17.1. The molecule has 0 saturated heterocycles. The molecule has 0 fully saturated rings. The van der Waals surface area contributed by atoms with Crippen LogP contribution in [0.4, 0.5) is 0 Å². The highest BCUT2D eigenvalue weighted by atomic mass is 31.2. The van der Waals surface area contributed by atoms with Crippen LogP contribution in [0.1, 0.15) is 96.8 Å². The molecular weight excluding hydrogens is 481 g/mol. The highest BCUT2D eigenvalue weighted by molar-refractivity contribution is 7.48. The predicted octanol–water partition coefficient (Wildman–Crippen LogP) is 6.42. The first-order valence-electron chi connectivity index (χ1n) is 13.9. The molecule has 0 spiro atoms. The Labute approximate surface area is 220 Å². The summed E-state index contributed by atoms with van der Waals surface area (Å²) in [5.41, 5.74) is 0. The number of esters is 1. The molecule has 0 aromatic carbocycles. The highest BCUT2D eigenvalue weighted by Gasteiger charge is 2.27. The van der Waals surface area contributed by atoms with Gasteiger partial charge >= 0.3 is 13.8 Å². The van der Waals surface area contributed by atoms with E-state index in [9.17, 15) is 14.5 Å². The first-order valence-corrected chi connectivity index (χ1v) is 15.3. The second-order valence-electron chi connectivity index (χ2n) is 10.4. The number of aliphatic hydroxyl groups excluding tert-OH is 1. The Kier molecular flexibility index (Phi) is 21.8. The zero-order valence-electron chi connectivity index (χ0n) is 23.8. The molecule has 0 aliphatic rings. The van der Waals surface area contributed by atoms with Gasteiger partial charge in [0, 0.05) is 13.5 Å². The summed E-state index contributed by atoms with van der Waals surface area (Å²) >= 11 is 0. The van der Waals surface area contributed by atoms with Crippen LogP contribution in [0.25, 0.3) is 0 Å². The summed E-state index contributed by atoms with van der Waals surface area (Å²) in [7, 11) is 3.43. The average molecular weight is 537 g/mol. The Morgan fingerprint density at radius 2 is 1.42 bits per heavy atom. The van der Waals surface area contributed by atoms with Crippen LogP contribution in [0.3, 0.4) is 0 Å². The van der Waals surface area contributed by atoms with Gasteiger partial charge in [-0.05, 0) is 32.1 Å². The maximum Gasteiger partial charge on any atom is 0.474 e. The lowest BCUT2D eigenvalue weighted by Crippen LogP contribution is -2.37. The molecule has 0 aliphatic carbocycles. The molecule has 0 aromatic heterocycles. The van der Waals surface area contributed by atoms with Crippen molar-refractivity contribution >= 4 is 13.8 Å². The van der Waals surface area contributed by atoms with Gasteiger partial charge in [-0.1, -0.05) is 70.4 Å². The number of quaternary nitrogens is 1. The molecule has 0 heterocycles. The molecule has 9 heteroatoms. The number of phosphoric acid groups is 1. The fraction of sp³-hybridized carbons (Fsp3) is 0.889. The number of hydrogen-bond donors (Lipinski definition) is 1. The summed E-state index contributed by atoms with van der Waals surface area (Å²) in [6.45, 7) is 2.53. The topological polar surface area (TPSA) is 91.3 Å². The zero-order chi connectivity index (χ0) is 27.1. The van der Waals surface area contributed by atoms with Gasteiger partial charge in [0.1, 0.15) is 25.9 Å². The van der Waals surface area contributed by atoms with Crippen LogP contribution < -0.4 is 0 Å². The highest BCUT2D eigenvalue weighted by Crippen LogP contribution is 2.48. The lowest BCUT2D eigenvalue weighted by Gasteiger charge is -2.24. The number of carbonyl (C=O) groups excluding carboxylic acids is 1. The normalized spacial score (nSPS) is 14.7. The quantitative estimate of drug-likeness (QED) is 0.0473. The van der Waals surface area contributed by atoms with Crippen LogP contribution in [-0.2, 0) is 27.7 Å². The average Bonchev–Trinajstić information content (AvgIpc) is 2.83. The van der Waals surface area contributed by atoms with Gasteiger partial charge in [-0.25, -0.2) is 4.57 Å². The first kappa shape index (κ1) is 35.2. The lowest BCUT2D eigenvalue weighted by molar-refractivity contribution is -0.870. The summed E-state index contributed by atoms with van der Waals surface area (Å²) in [4.78, 5) is 11.9. The summed E-state index contributed by atoms with van der Waals surface area (Å²) in [6, 6.07) is 0. The second kappa shape index (κ2) is 22.2. The zero-order valence-corrected chi connectivity index (χ0v) is 24.6. The number of carbonyl (C=O) groups is 1. The largest absolute Gasteiger partial charge is 0.474 e. The number of hydrogen-bond acceptors (Lipinski definition) is 7.